The monoisotopic (exact) mass is 215 g/mol. The summed E-state index contributed by atoms with van der Waals surface area (Å²) in [5.74, 6) is -1.62. The average molecular weight is 216 g/mol. The molecule has 0 radical (unpaired) electrons. The van der Waals surface area contributed by atoms with Crippen LogP contribution in [0.2, 0.25) is 5.02 Å². The lowest BCUT2D eigenvalue weighted by molar-refractivity contribution is 0.100. The number of nitrogens with zero attached hydrogens (tertiary/aromatic N) is 1. The van der Waals surface area contributed by atoms with Crippen LogP contribution in [-0.2, 0) is 0 Å². The van der Waals surface area contributed by atoms with E-state index in [9.17, 15) is 9.18 Å². The number of carbonyl (C=O) groups is 1. The highest BCUT2D eigenvalue weighted by Crippen LogP contribution is 2.16. The Kier molecular flexibility index (Phi) is 3.03. The molecule has 14 heavy (non-hydrogen) atoms. The Labute approximate surface area is 84.4 Å². The maximum absolute atomic E-state index is 12.7. The molecule has 0 saturated carbocycles. The maximum atomic E-state index is 12.7. The Hall–Kier alpha value is -1.62. The molecule has 1 aromatic carbocycles. The highest BCUT2D eigenvalue weighted by Gasteiger charge is 2.07. The third kappa shape index (κ3) is 2.43. The van der Waals surface area contributed by atoms with Gasteiger partial charge in [0.25, 0.3) is 5.91 Å². The predicted octanol–water partition coefficient (Wildman–Crippen LogP) is 0.893. The molecule has 0 bridgehead atoms. The van der Waals surface area contributed by atoms with Crippen molar-refractivity contribution in [2.24, 2.45) is 16.5 Å². The van der Waals surface area contributed by atoms with E-state index < -0.39 is 11.7 Å². The molecule has 6 heteroatoms. The van der Waals surface area contributed by atoms with Crippen LogP contribution >= 0.6 is 11.6 Å². The van der Waals surface area contributed by atoms with Crippen molar-refractivity contribution in [1.82, 2.24) is 0 Å². The Balaban J connectivity index is 3.03. The zero-order chi connectivity index (χ0) is 10.7. The second kappa shape index (κ2) is 4.06. The molecule has 1 rings (SSSR count). The molecule has 0 saturated heterocycles. The summed E-state index contributed by atoms with van der Waals surface area (Å²) in [5, 5.41) is -0.151. The molecule has 0 aliphatic heterocycles. The number of amides is 1. The number of halogens is 2. The highest BCUT2D eigenvalue weighted by molar-refractivity contribution is 6.31. The molecule has 0 aliphatic carbocycles. The van der Waals surface area contributed by atoms with E-state index in [2.05, 4.69) is 4.99 Å². The van der Waals surface area contributed by atoms with Crippen molar-refractivity contribution in [3.8, 4) is 0 Å². The number of nitrogens with two attached hydrogens (primary N) is 2. The molecule has 1 aromatic rings. The van der Waals surface area contributed by atoms with Crippen LogP contribution in [0, 0.1) is 5.82 Å². The standard InChI is InChI=1S/C8H7ClFN3O/c9-5-3-4(1-2-6(5)10)7(14)13-8(11)12/h1-3H,(H4,11,12,13,14). The lowest BCUT2D eigenvalue weighted by atomic mass is 10.2. The number of carbonyl (C=O) groups excluding carboxylic acids is 1. The lowest BCUT2D eigenvalue weighted by Gasteiger charge is -1.97. The van der Waals surface area contributed by atoms with Gasteiger partial charge in [0, 0.05) is 5.56 Å². The van der Waals surface area contributed by atoms with E-state index >= 15 is 0 Å². The van der Waals surface area contributed by atoms with Crippen LogP contribution in [-0.4, -0.2) is 11.9 Å². The van der Waals surface area contributed by atoms with Crippen molar-refractivity contribution in [3.63, 3.8) is 0 Å². The normalized spacial score (nSPS) is 9.57. The largest absolute Gasteiger partial charge is 0.370 e. The van der Waals surface area contributed by atoms with Gasteiger partial charge in [0.15, 0.2) is 5.96 Å². The summed E-state index contributed by atoms with van der Waals surface area (Å²) in [7, 11) is 0. The summed E-state index contributed by atoms with van der Waals surface area (Å²) in [6.45, 7) is 0. The van der Waals surface area contributed by atoms with E-state index in [4.69, 9.17) is 23.1 Å². The maximum Gasteiger partial charge on any atom is 0.280 e. The SMILES string of the molecule is NC(N)=NC(=O)c1ccc(F)c(Cl)c1. The van der Waals surface area contributed by atoms with Gasteiger partial charge in [0.2, 0.25) is 0 Å². The molecule has 74 valence electrons. The van der Waals surface area contributed by atoms with Gasteiger partial charge in [-0.2, -0.15) is 4.99 Å². The number of aliphatic imine (C=N–C) groups is 1. The third-order valence-corrected chi connectivity index (χ3v) is 1.69. The molecule has 0 unspecified atom stereocenters. The van der Waals surface area contributed by atoms with Crippen LogP contribution in [0.25, 0.3) is 0 Å². The van der Waals surface area contributed by atoms with E-state index in [0.29, 0.717) is 0 Å². The van der Waals surface area contributed by atoms with Crippen LogP contribution in [0.3, 0.4) is 0 Å². The number of hydrogen-bond acceptors (Lipinski definition) is 1. The van der Waals surface area contributed by atoms with Crippen molar-refractivity contribution in [1.29, 1.82) is 0 Å². The molecule has 0 aromatic heterocycles. The first-order chi connectivity index (χ1) is 6.50. The fraction of sp³-hybridized carbons (Fsp3) is 0. The molecule has 0 atom stereocenters. The minimum atomic E-state index is -0.660. The van der Waals surface area contributed by atoms with Crippen LogP contribution in [0.4, 0.5) is 4.39 Å². The van der Waals surface area contributed by atoms with E-state index in [1.54, 1.807) is 0 Å². The molecule has 0 fully saturated rings. The van der Waals surface area contributed by atoms with Gasteiger partial charge in [-0.1, -0.05) is 11.6 Å². The number of benzene rings is 1. The second-order valence-electron chi connectivity index (χ2n) is 2.47. The van der Waals surface area contributed by atoms with Crippen molar-refractivity contribution >= 4 is 23.5 Å². The van der Waals surface area contributed by atoms with Crippen LogP contribution in [0.5, 0.6) is 0 Å². The first kappa shape index (κ1) is 10.5. The summed E-state index contributed by atoms with van der Waals surface area (Å²) in [6.07, 6.45) is 0. The Morgan fingerprint density at radius 1 is 1.43 bits per heavy atom. The second-order valence-corrected chi connectivity index (χ2v) is 2.88. The summed E-state index contributed by atoms with van der Waals surface area (Å²) < 4.78 is 12.7. The Morgan fingerprint density at radius 3 is 2.57 bits per heavy atom. The number of rotatable bonds is 1. The Morgan fingerprint density at radius 2 is 2.07 bits per heavy atom. The molecule has 0 spiro atoms. The fourth-order valence-electron chi connectivity index (χ4n) is 0.811. The molecule has 4 nitrogen and oxygen atoms in total. The van der Waals surface area contributed by atoms with Gasteiger partial charge in [-0.3, -0.25) is 4.79 Å². The fourth-order valence-corrected chi connectivity index (χ4v) is 0.992. The van der Waals surface area contributed by atoms with E-state index in [-0.39, 0.29) is 16.5 Å². The van der Waals surface area contributed by atoms with Gasteiger partial charge in [-0.15, -0.1) is 0 Å². The van der Waals surface area contributed by atoms with E-state index in [0.717, 1.165) is 12.1 Å². The molecule has 0 heterocycles. The third-order valence-electron chi connectivity index (χ3n) is 1.40. The van der Waals surface area contributed by atoms with E-state index in [1.807, 2.05) is 0 Å². The van der Waals surface area contributed by atoms with Gasteiger partial charge in [-0.05, 0) is 18.2 Å². The first-order valence-corrected chi connectivity index (χ1v) is 3.97. The summed E-state index contributed by atoms with van der Waals surface area (Å²) in [5.41, 5.74) is 10.1. The summed E-state index contributed by atoms with van der Waals surface area (Å²) >= 11 is 5.46. The van der Waals surface area contributed by atoms with Crippen molar-refractivity contribution < 1.29 is 9.18 Å². The zero-order valence-corrected chi connectivity index (χ0v) is 7.75. The van der Waals surface area contributed by atoms with Crippen LogP contribution in [0.1, 0.15) is 10.4 Å². The molecule has 0 aliphatic rings. The topological polar surface area (TPSA) is 81.5 Å². The first-order valence-electron chi connectivity index (χ1n) is 3.59. The van der Waals surface area contributed by atoms with Crippen LogP contribution in [0.15, 0.2) is 23.2 Å². The Bertz CT molecular complexity index is 402. The summed E-state index contributed by atoms with van der Waals surface area (Å²) in [6, 6.07) is 3.47. The molecule has 1 amide bonds. The summed E-state index contributed by atoms with van der Waals surface area (Å²) in [4.78, 5) is 14.5. The molecular weight excluding hydrogens is 209 g/mol. The van der Waals surface area contributed by atoms with Gasteiger partial charge in [0.1, 0.15) is 5.82 Å². The van der Waals surface area contributed by atoms with Crippen molar-refractivity contribution in [2.75, 3.05) is 0 Å². The minimum absolute atomic E-state index is 0.129. The minimum Gasteiger partial charge on any atom is -0.370 e. The number of hydrogen-bond donors (Lipinski definition) is 2. The average Bonchev–Trinajstić information content (AvgIpc) is 2.08. The van der Waals surface area contributed by atoms with Gasteiger partial charge < -0.3 is 11.5 Å². The zero-order valence-electron chi connectivity index (χ0n) is 7.00. The van der Waals surface area contributed by atoms with Crippen molar-refractivity contribution in [2.45, 2.75) is 0 Å². The molecule has 4 N–H and O–H groups in total. The van der Waals surface area contributed by atoms with Gasteiger partial charge >= 0.3 is 0 Å². The lowest BCUT2D eigenvalue weighted by Crippen LogP contribution is -2.24. The van der Waals surface area contributed by atoms with Gasteiger partial charge in [-0.25, -0.2) is 4.39 Å². The number of guanidine groups is 1. The van der Waals surface area contributed by atoms with Crippen LogP contribution < -0.4 is 11.5 Å². The van der Waals surface area contributed by atoms with Crippen molar-refractivity contribution in [3.05, 3.63) is 34.6 Å². The predicted molar refractivity (Wildman–Crippen MR) is 51.6 cm³/mol. The highest BCUT2D eigenvalue weighted by atomic mass is 35.5. The molecular formula is C8H7ClFN3O. The van der Waals surface area contributed by atoms with E-state index in [1.165, 1.54) is 6.07 Å². The smallest absolute Gasteiger partial charge is 0.280 e. The quantitative estimate of drug-likeness (QED) is 0.539. The van der Waals surface area contributed by atoms with Gasteiger partial charge in [0.05, 0.1) is 5.02 Å².